The van der Waals surface area contributed by atoms with Crippen LogP contribution in [0.25, 0.3) is 0 Å². The van der Waals surface area contributed by atoms with E-state index in [2.05, 4.69) is 10.9 Å². The third-order valence-corrected chi connectivity index (χ3v) is 4.23. The highest BCUT2D eigenvalue weighted by Crippen LogP contribution is 2.28. The van der Waals surface area contributed by atoms with Crippen LogP contribution >= 0.6 is 0 Å². The van der Waals surface area contributed by atoms with Gasteiger partial charge >= 0.3 is 5.97 Å². The van der Waals surface area contributed by atoms with E-state index >= 15 is 0 Å². The van der Waals surface area contributed by atoms with Gasteiger partial charge in [0.15, 0.2) is 6.61 Å². The lowest BCUT2D eigenvalue weighted by Crippen LogP contribution is -2.43. The van der Waals surface area contributed by atoms with Gasteiger partial charge in [-0.05, 0) is 18.4 Å². The standard InChI is InChI=1S/C17H21N3O6/c21-15(11-26-16(22)9-8-12-4-1-2-5-12)18-19-17(23)13-6-3-7-14(10-13)20(24)25/h3,6-7,10,12H,1-2,4-5,8-9,11H2,(H,18,21)(H,19,23). The number of ether oxygens (including phenoxy) is 1. The highest BCUT2D eigenvalue weighted by molar-refractivity contribution is 5.96. The summed E-state index contributed by atoms with van der Waals surface area (Å²) in [6.45, 7) is -0.501. The molecule has 0 radical (unpaired) electrons. The zero-order valence-corrected chi connectivity index (χ0v) is 14.2. The van der Waals surface area contributed by atoms with E-state index in [4.69, 9.17) is 4.74 Å². The Morgan fingerprint density at radius 1 is 1.19 bits per heavy atom. The van der Waals surface area contributed by atoms with E-state index in [1.54, 1.807) is 0 Å². The minimum Gasteiger partial charge on any atom is -0.455 e. The summed E-state index contributed by atoms with van der Waals surface area (Å²) in [4.78, 5) is 45.1. The molecule has 9 nitrogen and oxygen atoms in total. The summed E-state index contributed by atoms with van der Waals surface area (Å²) < 4.78 is 4.86. The molecule has 1 aliphatic rings. The predicted octanol–water partition coefficient (Wildman–Crippen LogP) is 1.87. The molecule has 1 aromatic rings. The fraction of sp³-hybridized carbons (Fsp3) is 0.471. The first-order valence-corrected chi connectivity index (χ1v) is 8.45. The molecular formula is C17H21N3O6. The van der Waals surface area contributed by atoms with Crippen LogP contribution in [0.5, 0.6) is 0 Å². The first-order valence-electron chi connectivity index (χ1n) is 8.45. The molecule has 0 heterocycles. The monoisotopic (exact) mass is 363 g/mol. The fourth-order valence-electron chi connectivity index (χ4n) is 2.83. The molecule has 2 amide bonds. The smallest absolute Gasteiger partial charge is 0.306 e. The van der Waals surface area contributed by atoms with E-state index in [0.717, 1.165) is 25.3 Å². The maximum absolute atomic E-state index is 11.9. The predicted molar refractivity (Wildman–Crippen MR) is 90.9 cm³/mol. The van der Waals surface area contributed by atoms with Crippen molar-refractivity contribution in [2.45, 2.75) is 38.5 Å². The quantitative estimate of drug-likeness (QED) is 0.432. The van der Waals surface area contributed by atoms with E-state index < -0.39 is 29.3 Å². The molecule has 0 saturated heterocycles. The second kappa shape index (κ2) is 9.50. The number of non-ortho nitro benzene ring substituents is 1. The van der Waals surface area contributed by atoms with Crippen molar-refractivity contribution in [2.75, 3.05) is 6.61 Å². The van der Waals surface area contributed by atoms with Crippen LogP contribution < -0.4 is 10.9 Å². The summed E-state index contributed by atoms with van der Waals surface area (Å²) in [6.07, 6.45) is 5.72. The molecule has 1 aliphatic carbocycles. The van der Waals surface area contributed by atoms with E-state index in [9.17, 15) is 24.5 Å². The van der Waals surface area contributed by atoms with Crippen LogP contribution in [0.1, 0.15) is 48.9 Å². The summed E-state index contributed by atoms with van der Waals surface area (Å²) in [6, 6.07) is 5.07. The minimum absolute atomic E-state index is 0.0214. The highest BCUT2D eigenvalue weighted by atomic mass is 16.6. The Hall–Kier alpha value is -2.97. The van der Waals surface area contributed by atoms with Gasteiger partial charge in [0.05, 0.1) is 4.92 Å². The highest BCUT2D eigenvalue weighted by Gasteiger charge is 2.17. The number of nitrogens with zero attached hydrogens (tertiary/aromatic N) is 1. The number of hydrogen-bond donors (Lipinski definition) is 2. The largest absolute Gasteiger partial charge is 0.455 e. The van der Waals surface area contributed by atoms with Gasteiger partial charge in [0.2, 0.25) is 0 Å². The number of carbonyl (C=O) groups is 3. The average molecular weight is 363 g/mol. The van der Waals surface area contributed by atoms with Crippen molar-refractivity contribution >= 4 is 23.5 Å². The van der Waals surface area contributed by atoms with Crippen LogP contribution in [0.3, 0.4) is 0 Å². The molecule has 1 fully saturated rings. The molecule has 0 atom stereocenters. The Morgan fingerprint density at radius 2 is 1.92 bits per heavy atom. The normalized spacial score (nSPS) is 13.8. The number of esters is 1. The van der Waals surface area contributed by atoms with Crippen LogP contribution in [0.4, 0.5) is 5.69 Å². The van der Waals surface area contributed by atoms with Crippen LogP contribution in [0.2, 0.25) is 0 Å². The van der Waals surface area contributed by atoms with Gasteiger partial charge in [-0.25, -0.2) is 0 Å². The Morgan fingerprint density at radius 3 is 2.62 bits per heavy atom. The summed E-state index contributed by atoms with van der Waals surface area (Å²) in [5.74, 6) is -1.30. The molecule has 0 unspecified atom stereocenters. The Bertz CT molecular complexity index is 685. The van der Waals surface area contributed by atoms with Gasteiger partial charge in [0.1, 0.15) is 0 Å². The lowest BCUT2D eigenvalue weighted by Gasteiger charge is -2.09. The van der Waals surface area contributed by atoms with Crippen molar-refractivity contribution < 1.29 is 24.0 Å². The van der Waals surface area contributed by atoms with Gasteiger partial charge in [-0.15, -0.1) is 0 Å². The molecule has 0 spiro atoms. The van der Waals surface area contributed by atoms with Crippen molar-refractivity contribution in [3.63, 3.8) is 0 Å². The SMILES string of the molecule is O=C(COC(=O)CCC1CCCC1)NNC(=O)c1cccc([N+](=O)[O-])c1. The number of amides is 2. The van der Waals surface area contributed by atoms with Crippen molar-refractivity contribution in [1.82, 2.24) is 10.9 Å². The molecule has 1 saturated carbocycles. The van der Waals surface area contributed by atoms with Crippen LogP contribution in [-0.2, 0) is 14.3 Å². The molecular weight excluding hydrogens is 342 g/mol. The van der Waals surface area contributed by atoms with Crippen LogP contribution in [0, 0.1) is 16.0 Å². The molecule has 140 valence electrons. The van der Waals surface area contributed by atoms with Gasteiger partial charge in [0.25, 0.3) is 17.5 Å². The number of benzene rings is 1. The number of rotatable bonds is 7. The topological polar surface area (TPSA) is 128 Å². The number of nitro groups is 1. The minimum atomic E-state index is -0.713. The van der Waals surface area contributed by atoms with Gasteiger partial charge in [-0.1, -0.05) is 31.7 Å². The third kappa shape index (κ3) is 6.15. The molecule has 0 bridgehead atoms. The Labute approximate surface area is 150 Å². The molecule has 9 heteroatoms. The van der Waals surface area contributed by atoms with E-state index in [-0.39, 0.29) is 17.7 Å². The zero-order valence-electron chi connectivity index (χ0n) is 14.2. The number of carbonyl (C=O) groups excluding carboxylic acids is 3. The van der Waals surface area contributed by atoms with Gasteiger partial charge in [0, 0.05) is 24.1 Å². The molecule has 26 heavy (non-hydrogen) atoms. The van der Waals surface area contributed by atoms with Crippen molar-refractivity contribution in [3.05, 3.63) is 39.9 Å². The second-order valence-electron chi connectivity index (χ2n) is 6.16. The number of hydrazine groups is 1. The first kappa shape index (κ1) is 19.4. The molecule has 0 aromatic heterocycles. The van der Waals surface area contributed by atoms with E-state index in [1.165, 1.54) is 31.0 Å². The summed E-state index contributed by atoms with van der Waals surface area (Å²) in [5, 5.41) is 10.7. The van der Waals surface area contributed by atoms with Gasteiger partial charge in [-0.3, -0.25) is 35.3 Å². The lowest BCUT2D eigenvalue weighted by molar-refractivity contribution is -0.384. The molecule has 2 N–H and O–H groups in total. The lowest BCUT2D eigenvalue weighted by atomic mass is 10.0. The Balaban J connectivity index is 1.67. The van der Waals surface area contributed by atoms with Crippen molar-refractivity contribution in [3.8, 4) is 0 Å². The van der Waals surface area contributed by atoms with Crippen molar-refractivity contribution in [1.29, 1.82) is 0 Å². The molecule has 1 aromatic carbocycles. The fourth-order valence-corrected chi connectivity index (χ4v) is 2.83. The molecule has 0 aliphatic heterocycles. The zero-order chi connectivity index (χ0) is 18.9. The maximum atomic E-state index is 11.9. The summed E-state index contributed by atoms with van der Waals surface area (Å²) in [5.41, 5.74) is 4.00. The van der Waals surface area contributed by atoms with Crippen LogP contribution in [0.15, 0.2) is 24.3 Å². The number of nitrogens with one attached hydrogen (secondary N) is 2. The average Bonchev–Trinajstić information content (AvgIpc) is 3.16. The third-order valence-electron chi connectivity index (χ3n) is 4.23. The van der Waals surface area contributed by atoms with Gasteiger partial charge in [-0.2, -0.15) is 0 Å². The Kier molecular flexibility index (Phi) is 7.07. The van der Waals surface area contributed by atoms with Crippen LogP contribution in [-0.4, -0.2) is 29.3 Å². The second-order valence-corrected chi connectivity index (χ2v) is 6.16. The van der Waals surface area contributed by atoms with Gasteiger partial charge < -0.3 is 4.74 Å². The summed E-state index contributed by atoms with van der Waals surface area (Å²) in [7, 11) is 0. The van der Waals surface area contributed by atoms with E-state index in [0.29, 0.717) is 5.92 Å². The number of nitro benzene ring substituents is 1. The number of hydrogen-bond acceptors (Lipinski definition) is 6. The summed E-state index contributed by atoms with van der Waals surface area (Å²) >= 11 is 0. The molecule has 2 rings (SSSR count). The van der Waals surface area contributed by atoms with E-state index in [1.807, 2.05) is 0 Å². The first-order chi connectivity index (χ1) is 12.5. The van der Waals surface area contributed by atoms with Crippen molar-refractivity contribution in [2.24, 2.45) is 5.92 Å². The maximum Gasteiger partial charge on any atom is 0.306 e.